The summed E-state index contributed by atoms with van der Waals surface area (Å²) in [6.45, 7) is 0.614. The molecule has 1 saturated heterocycles. The van der Waals surface area contributed by atoms with Gasteiger partial charge in [0.15, 0.2) is 0 Å². The van der Waals surface area contributed by atoms with Gasteiger partial charge in [0, 0.05) is 29.9 Å². The average Bonchev–Trinajstić information content (AvgIpc) is 3.28. The molecule has 0 spiro atoms. The van der Waals surface area contributed by atoms with Gasteiger partial charge in [0.2, 0.25) is 15.9 Å². The number of nitrogens with zero attached hydrogens (tertiary/aromatic N) is 3. The first-order chi connectivity index (χ1) is 14.6. The Labute approximate surface area is 179 Å². The number of amides is 1. The van der Waals surface area contributed by atoms with Crippen LogP contribution in [0.25, 0.3) is 11.3 Å². The van der Waals surface area contributed by atoms with Crippen molar-refractivity contribution < 1.29 is 13.2 Å². The quantitative estimate of drug-likeness (QED) is 0.633. The summed E-state index contributed by atoms with van der Waals surface area (Å²) >= 11 is 1.46. The minimum absolute atomic E-state index is 0.214. The van der Waals surface area contributed by atoms with Crippen molar-refractivity contribution in [1.82, 2.24) is 19.6 Å². The third-order valence-electron chi connectivity index (χ3n) is 5.05. The summed E-state index contributed by atoms with van der Waals surface area (Å²) < 4.78 is 27.5. The predicted molar refractivity (Wildman–Crippen MR) is 115 cm³/mol. The van der Waals surface area contributed by atoms with E-state index >= 15 is 0 Å². The zero-order valence-electron chi connectivity index (χ0n) is 16.3. The number of piperidine rings is 1. The molecule has 1 aliphatic heterocycles. The highest BCUT2D eigenvalue weighted by Crippen LogP contribution is 2.26. The van der Waals surface area contributed by atoms with Crippen LogP contribution in [0.15, 0.2) is 65.1 Å². The lowest BCUT2D eigenvalue weighted by atomic mass is 10.0. The number of sulfonamides is 1. The maximum atomic E-state index is 13.1. The van der Waals surface area contributed by atoms with Crippen LogP contribution in [0.2, 0.25) is 0 Å². The summed E-state index contributed by atoms with van der Waals surface area (Å²) in [5.41, 5.74) is 1.80. The number of thiazole rings is 1. The third-order valence-corrected chi connectivity index (χ3v) is 7.82. The second-order valence-electron chi connectivity index (χ2n) is 7.02. The molecule has 7 nitrogen and oxygen atoms in total. The SMILES string of the molecule is O=C(NCc1nc(-c2ccncc2)cs1)C1CCCCN1S(=O)(=O)c1ccccc1. The molecule has 0 radical (unpaired) electrons. The Kier molecular flexibility index (Phi) is 6.21. The Hall–Kier alpha value is -2.62. The first-order valence-corrected chi connectivity index (χ1v) is 12.1. The highest BCUT2D eigenvalue weighted by Gasteiger charge is 2.37. The monoisotopic (exact) mass is 442 g/mol. The van der Waals surface area contributed by atoms with E-state index in [1.807, 2.05) is 17.5 Å². The van der Waals surface area contributed by atoms with Crippen molar-refractivity contribution in [2.24, 2.45) is 0 Å². The van der Waals surface area contributed by atoms with Gasteiger partial charge in [0.05, 0.1) is 17.1 Å². The first kappa shape index (κ1) is 20.6. The number of benzene rings is 1. The van der Waals surface area contributed by atoms with Gasteiger partial charge in [-0.05, 0) is 37.1 Å². The lowest BCUT2D eigenvalue weighted by Crippen LogP contribution is -2.51. The Morgan fingerprint density at radius 1 is 1.13 bits per heavy atom. The molecule has 2 aromatic heterocycles. The molecule has 0 bridgehead atoms. The van der Waals surface area contributed by atoms with Crippen LogP contribution in [0.1, 0.15) is 24.3 Å². The van der Waals surface area contributed by atoms with Crippen LogP contribution >= 0.6 is 11.3 Å². The molecule has 1 amide bonds. The molecule has 1 aromatic carbocycles. The number of nitrogens with one attached hydrogen (secondary N) is 1. The molecule has 1 unspecified atom stereocenters. The van der Waals surface area contributed by atoms with Crippen LogP contribution in [0.5, 0.6) is 0 Å². The van der Waals surface area contributed by atoms with Gasteiger partial charge < -0.3 is 5.32 Å². The molecule has 3 aromatic rings. The van der Waals surface area contributed by atoms with Crippen molar-refractivity contribution in [3.8, 4) is 11.3 Å². The van der Waals surface area contributed by atoms with E-state index in [1.165, 1.54) is 15.6 Å². The second kappa shape index (κ2) is 9.03. The van der Waals surface area contributed by atoms with Crippen LogP contribution in [-0.4, -0.2) is 41.2 Å². The number of rotatable bonds is 6. The minimum atomic E-state index is -3.72. The van der Waals surface area contributed by atoms with Gasteiger partial charge in [-0.3, -0.25) is 9.78 Å². The topological polar surface area (TPSA) is 92.3 Å². The lowest BCUT2D eigenvalue weighted by molar-refractivity contribution is -0.125. The van der Waals surface area contributed by atoms with Crippen LogP contribution in [0, 0.1) is 0 Å². The van der Waals surface area contributed by atoms with Crippen molar-refractivity contribution in [3.05, 3.63) is 65.2 Å². The largest absolute Gasteiger partial charge is 0.348 e. The van der Waals surface area contributed by atoms with E-state index in [1.54, 1.807) is 42.7 Å². The summed E-state index contributed by atoms with van der Waals surface area (Å²) in [5, 5.41) is 5.58. The van der Waals surface area contributed by atoms with Crippen LogP contribution in [-0.2, 0) is 21.4 Å². The van der Waals surface area contributed by atoms with Crippen molar-refractivity contribution >= 4 is 27.3 Å². The van der Waals surface area contributed by atoms with Gasteiger partial charge in [-0.1, -0.05) is 24.6 Å². The number of pyridine rings is 1. The van der Waals surface area contributed by atoms with E-state index in [0.717, 1.165) is 29.1 Å². The van der Waals surface area contributed by atoms with Gasteiger partial charge in [-0.2, -0.15) is 4.31 Å². The minimum Gasteiger partial charge on any atom is -0.348 e. The van der Waals surface area contributed by atoms with E-state index < -0.39 is 16.1 Å². The zero-order chi connectivity index (χ0) is 21.0. The molecule has 1 N–H and O–H groups in total. The highest BCUT2D eigenvalue weighted by molar-refractivity contribution is 7.89. The molecular formula is C21H22N4O3S2. The van der Waals surface area contributed by atoms with Gasteiger partial charge in [-0.25, -0.2) is 13.4 Å². The summed E-state index contributed by atoms with van der Waals surface area (Å²) in [5.74, 6) is -0.283. The van der Waals surface area contributed by atoms with E-state index in [2.05, 4.69) is 15.3 Å². The number of hydrogen-bond donors (Lipinski definition) is 1. The van der Waals surface area contributed by atoms with Crippen LogP contribution in [0.3, 0.4) is 0 Å². The highest BCUT2D eigenvalue weighted by atomic mass is 32.2. The van der Waals surface area contributed by atoms with Gasteiger partial charge in [0.25, 0.3) is 0 Å². The van der Waals surface area contributed by atoms with Crippen LogP contribution < -0.4 is 5.32 Å². The number of aromatic nitrogens is 2. The molecule has 30 heavy (non-hydrogen) atoms. The normalized spacial score (nSPS) is 17.5. The molecule has 1 atom stereocenters. The number of carbonyl (C=O) groups excluding carboxylic acids is 1. The van der Waals surface area contributed by atoms with E-state index in [4.69, 9.17) is 0 Å². The van der Waals surface area contributed by atoms with E-state index in [-0.39, 0.29) is 17.3 Å². The Morgan fingerprint density at radius 2 is 1.90 bits per heavy atom. The molecule has 0 saturated carbocycles. The fraction of sp³-hybridized carbons (Fsp3) is 0.286. The van der Waals surface area contributed by atoms with Crippen molar-refractivity contribution in [3.63, 3.8) is 0 Å². The second-order valence-corrected chi connectivity index (χ2v) is 9.85. The maximum Gasteiger partial charge on any atom is 0.243 e. The fourth-order valence-corrected chi connectivity index (χ4v) is 5.93. The summed E-state index contributed by atoms with van der Waals surface area (Å²) in [4.78, 5) is 21.7. The number of carbonyl (C=O) groups is 1. The molecule has 156 valence electrons. The molecule has 0 aliphatic carbocycles. The van der Waals surface area contributed by atoms with E-state index in [0.29, 0.717) is 13.0 Å². The predicted octanol–water partition coefficient (Wildman–Crippen LogP) is 3.06. The third kappa shape index (κ3) is 4.43. The Bertz CT molecular complexity index is 1100. The molecular weight excluding hydrogens is 420 g/mol. The Balaban J connectivity index is 1.45. The summed E-state index contributed by atoms with van der Waals surface area (Å²) in [6, 6.07) is 11.3. The smallest absolute Gasteiger partial charge is 0.243 e. The van der Waals surface area contributed by atoms with Crippen molar-refractivity contribution in [2.45, 2.75) is 36.7 Å². The maximum absolute atomic E-state index is 13.1. The zero-order valence-corrected chi connectivity index (χ0v) is 17.9. The van der Waals surface area contributed by atoms with Crippen LogP contribution in [0.4, 0.5) is 0 Å². The first-order valence-electron chi connectivity index (χ1n) is 9.75. The average molecular weight is 443 g/mol. The summed E-state index contributed by atoms with van der Waals surface area (Å²) in [7, 11) is -3.72. The molecule has 4 rings (SSSR count). The number of hydrogen-bond acceptors (Lipinski definition) is 6. The van der Waals surface area contributed by atoms with Gasteiger partial charge >= 0.3 is 0 Å². The molecule has 9 heteroatoms. The van der Waals surface area contributed by atoms with E-state index in [9.17, 15) is 13.2 Å². The Morgan fingerprint density at radius 3 is 2.67 bits per heavy atom. The van der Waals surface area contributed by atoms with Gasteiger partial charge in [0.1, 0.15) is 11.0 Å². The van der Waals surface area contributed by atoms with Gasteiger partial charge in [-0.15, -0.1) is 11.3 Å². The summed E-state index contributed by atoms with van der Waals surface area (Å²) in [6.07, 6.45) is 5.50. The fourth-order valence-electron chi connectivity index (χ4n) is 3.51. The standard InChI is InChI=1S/C21H22N4O3S2/c26-21(23-14-20-24-18(15-29-20)16-9-11-22-12-10-16)19-8-4-5-13-25(19)30(27,28)17-6-2-1-3-7-17/h1-3,6-7,9-12,15,19H,4-5,8,13-14H2,(H,23,26). The molecule has 1 aliphatic rings. The molecule has 3 heterocycles. The van der Waals surface area contributed by atoms with Crippen molar-refractivity contribution in [2.75, 3.05) is 6.54 Å². The van der Waals surface area contributed by atoms with Crippen molar-refractivity contribution in [1.29, 1.82) is 0 Å². The lowest BCUT2D eigenvalue weighted by Gasteiger charge is -2.33. The molecule has 1 fully saturated rings.